The molecule has 18 heavy (non-hydrogen) atoms. The molecule has 0 fully saturated rings. The molecule has 8 nitrogen and oxygen atoms in total. The highest BCUT2D eigenvalue weighted by Crippen LogP contribution is 2.24. The van der Waals surface area contributed by atoms with Gasteiger partial charge < -0.3 is 11.5 Å². The van der Waals surface area contributed by atoms with Crippen molar-refractivity contribution in [1.29, 1.82) is 0 Å². The number of primary amides is 2. The Labute approximate surface area is 102 Å². The Balaban J connectivity index is 2.81. The van der Waals surface area contributed by atoms with E-state index in [0.717, 1.165) is 0 Å². The van der Waals surface area contributed by atoms with Crippen molar-refractivity contribution in [3.63, 3.8) is 0 Å². The maximum atomic E-state index is 11.4. The molecule has 0 spiro atoms. The van der Waals surface area contributed by atoms with Crippen LogP contribution in [0.3, 0.4) is 0 Å². The van der Waals surface area contributed by atoms with Crippen molar-refractivity contribution < 1.29 is 9.59 Å². The van der Waals surface area contributed by atoms with Gasteiger partial charge in [0.05, 0.1) is 11.1 Å². The first-order valence-electron chi connectivity index (χ1n) is 4.97. The number of carbonyl (C=O) groups excluding carboxylic acids is 2. The number of aromatic nitrogens is 4. The summed E-state index contributed by atoms with van der Waals surface area (Å²) in [7, 11) is 1.58. The molecule has 1 aromatic heterocycles. The van der Waals surface area contributed by atoms with Crippen LogP contribution in [0.2, 0.25) is 0 Å². The van der Waals surface area contributed by atoms with Gasteiger partial charge in [0.2, 0.25) is 11.8 Å². The summed E-state index contributed by atoms with van der Waals surface area (Å²) in [4.78, 5) is 22.8. The monoisotopic (exact) mass is 246 g/mol. The van der Waals surface area contributed by atoms with Gasteiger partial charge in [0, 0.05) is 12.6 Å². The Hall–Kier alpha value is -2.77. The third-order valence-electron chi connectivity index (χ3n) is 2.44. The summed E-state index contributed by atoms with van der Waals surface area (Å²) < 4.78 is 1.33. The van der Waals surface area contributed by atoms with E-state index in [-0.39, 0.29) is 22.5 Å². The Morgan fingerprint density at radius 3 is 2.11 bits per heavy atom. The summed E-state index contributed by atoms with van der Waals surface area (Å²) in [5.74, 6) is -1.12. The van der Waals surface area contributed by atoms with E-state index < -0.39 is 11.8 Å². The largest absolute Gasteiger partial charge is 0.366 e. The lowest BCUT2D eigenvalue weighted by atomic mass is 9.99. The van der Waals surface area contributed by atoms with Crippen molar-refractivity contribution >= 4 is 11.8 Å². The SMILES string of the molecule is Cn1nnnc1-c1c(C(N)=O)cccc1C(N)=O. The van der Waals surface area contributed by atoms with E-state index in [1.807, 2.05) is 0 Å². The fraction of sp³-hybridized carbons (Fsp3) is 0.100. The van der Waals surface area contributed by atoms with Crippen LogP contribution in [0, 0.1) is 0 Å². The molecular formula is C10H10N6O2. The Morgan fingerprint density at radius 1 is 1.17 bits per heavy atom. The Morgan fingerprint density at radius 2 is 1.72 bits per heavy atom. The summed E-state index contributed by atoms with van der Waals surface area (Å²) in [5.41, 5.74) is 11.1. The van der Waals surface area contributed by atoms with E-state index in [4.69, 9.17) is 11.5 Å². The van der Waals surface area contributed by atoms with E-state index in [1.165, 1.54) is 22.9 Å². The minimum absolute atomic E-state index is 0.143. The lowest BCUT2D eigenvalue weighted by molar-refractivity contribution is 0.0999. The van der Waals surface area contributed by atoms with E-state index in [1.54, 1.807) is 7.05 Å². The van der Waals surface area contributed by atoms with Gasteiger partial charge in [0.25, 0.3) is 0 Å². The maximum Gasteiger partial charge on any atom is 0.249 e. The molecule has 0 radical (unpaired) electrons. The van der Waals surface area contributed by atoms with Crippen LogP contribution in [0.4, 0.5) is 0 Å². The van der Waals surface area contributed by atoms with Crippen LogP contribution in [0.5, 0.6) is 0 Å². The third kappa shape index (κ3) is 1.79. The number of carbonyl (C=O) groups is 2. The van der Waals surface area contributed by atoms with E-state index in [9.17, 15) is 9.59 Å². The summed E-state index contributed by atoms with van der Waals surface area (Å²) in [6.07, 6.45) is 0. The fourth-order valence-electron chi connectivity index (χ4n) is 1.65. The molecular weight excluding hydrogens is 236 g/mol. The summed E-state index contributed by atoms with van der Waals surface area (Å²) in [6.45, 7) is 0. The summed E-state index contributed by atoms with van der Waals surface area (Å²) >= 11 is 0. The van der Waals surface area contributed by atoms with Crippen LogP contribution in [-0.4, -0.2) is 32.0 Å². The van der Waals surface area contributed by atoms with Crippen molar-refractivity contribution in [2.75, 3.05) is 0 Å². The van der Waals surface area contributed by atoms with Crippen LogP contribution in [-0.2, 0) is 7.05 Å². The Bertz CT molecular complexity index is 601. The normalized spacial score (nSPS) is 10.3. The molecule has 8 heteroatoms. The van der Waals surface area contributed by atoms with Crippen LogP contribution >= 0.6 is 0 Å². The second-order valence-corrected chi connectivity index (χ2v) is 3.58. The van der Waals surface area contributed by atoms with E-state index >= 15 is 0 Å². The smallest absolute Gasteiger partial charge is 0.249 e. The Kier molecular flexibility index (Phi) is 2.76. The molecule has 0 atom stereocenters. The molecule has 1 heterocycles. The number of hydrogen-bond donors (Lipinski definition) is 2. The summed E-state index contributed by atoms with van der Waals surface area (Å²) in [5, 5.41) is 10.9. The average Bonchev–Trinajstić information content (AvgIpc) is 2.74. The quantitative estimate of drug-likeness (QED) is 0.722. The molecule has 0 saturated heterocycles. The predicted octanol–water partition coefficient (Wildman–Crippen LogP) is -0.925. The number of hydrogen-bond acceptors (Lipinski definition) is 5. The van der Waals surface area contributed by atoms with Gasteiger partial charge in [0.15, 0.2) is 5.82 Å². The van der Waals surface area contributed by atoms with Gasteiger partial charge in [-0.25, -0.2) is 4.68 Å². The zero-order chi connectivity index (χ0) is 13.3. The predicted molar refractivity (Wildman–Crippen MR) is 61.3 cm³/mol. The van der Waals surface area contributed by atoms with Crippen molar-refractivity contribution in [3.8, 4) is 11.4 Å². The van der Waals surface area contributed by atoms with Gasteiger partial charge in [-0.3, -0.25) is 9.59 Å². The van der Waals surface area contributed by atoms with E-state index in [2.05, 4.69) is 15.5 Å². The lowest BCUT2D eigenvalue weighted by Gasteiger charge is -2.09. The van der Waals surface area contributed by atoms with Crippen molar-refractivity contribution in [2.45, 2.75) is 0 Å². The molecule has 2 rings (SSSR count). The van der Waals surface area contributed by atoms with Crippen LogP contribution in [0.25, 0.3) is 11.4 Å². The number of aryl methyl sites for hydroxylation is 1. The first-order chi connectivity index (χ1) is 8.52. The number of nitrogens with zero attached hydrogens (tertiary/aromatic N) is 4. The number of rotatable bonds is 3. The van der Waals surface area contributed by atoms with Gasteiger partial charge in [-0.2, -0.15) is 0 Å². The van der Waals surface area contributed by atoms with Crippen molar-refractivity contribution in [3.05, 3.63) is 29.3 Å². The molecule has 92 valence electrons. The van der Waals surface area contributed by atoms with Gasteiger partial charge in [0.1, 0.15) is 0 Å². The van der Waals surface area contributed by atoms with Crippen LogP contribution < -0.4 is 11.5 Å². The molecule has 1 aromatic carbocycles. The molecule has 0 aliphatic heterocycles. The first-order valence-corrected chi connectivity index (χ1v) is 4.97. The second kappa shape index (κ2) is 4.24. The number of nitrogens with two attached hydrogens (primary N) is 2. The number of amides is 2. The number of benzene rings is 1. The highest BCUT2D eigenvalue weighted by atomic mass is 16.1. The molecule has 0 bridgehead atoms. The fourth-order valence-corrected chi connectivity index (χ4v) is 1.65. The van der Waals surface area contributed by atoms with Crippen molar-refractivity contribution in [1.82, 2.24) is 20.2 Å². The average molecular weight is 246 g/mol. The van der Waals surface area contributed by atoms with E-state index in [0.29, 0.717) is 0 Å². The molecule has 0 unspecified atom stereocenters. The molecule has 2 amide bonds. The van der Waals surface area contributed by atoms with Gasteiger partial charge in [-0.1, -0.05) is 6.07 Å². The lowest BCUT2D eigenvalue weighted by Crippen LogP contribution is -2.19. The third-order valence-corrected chi connectivity index (χ3v) is 2.44. The summed E-state index contributed by atoms with van der Waals surface area (Å²) in [6, 6.07) is 4.49. The topological polar surface area (TPSA) is 130 Å². The molecule has 0 saturated carbocycles. The highest BCUT2D eigenvalue weighted by molar-refractivity contribution is 6.07. The molecule has 0 aliphatic carbocycles. The second-order valence-electron chi connectivity index (χ2n) is 3.58. The zero-order valence-corrected chi connectivity index (χ0v) is 9.49. The molecule has 2 aromatic rings. The minimum Gasteiger partial charge on any atom is -0.366 e. The molecule has 4 N–H and O–H groups in total. The van der Waals surface area contributed by atoms with Gasteiger partial charge in [-0.15, -0.1) is 5.10 Å². The van der Waals surface area contributed by atoms with Gasteiger partial charge >= 0.3 is 0 Å². The first kappa shape index (κ1) is 11.7. The van der Waals surface area contributed by atoms with Crippen molar-refractivity contribution in [2.24, 2.45) is 18.5 Å². The minimum atomic E-state index is -0.684. The van der Waals surface area contributed by atoms with Gasteiger partial charge in [-0.05, 0) is 22.6 Å². The van der Waals surface area contributed by atoms with Crippen LogP contribution in [0.15, 0.2) is 18.2 Å². The standard InChI is InChI=1S/C10H10N6O2/c1-16-10(13-14-15-16)7-5(8(11)17)3-2-4-6(7)9(12)18/h2-4H,1H3,(H2,11,17)(H2,12,18). The zero-order valence-electron chi connectivity index (χ0n) is 9.49. The molecule has 0 aliphatic rings. The maximum absolute atomic E-state index is 11.4. The number of tetrazole rings is 1. The van der Waals surface area contributed by atoms with Crippen LogP contribution in [0.1, 0.15) is 20.7 Å². The highest BCUT2D eigenvalue weighted by Gasteiger charge is 2.21.